The van der Waals surface area contributed by atoms with Crippen LogP contribution in [0.1, 0.15) is 34.3 Å². The second-order valence-electron chi connectivity index (χ2n) is 5.79. The Bertz CT molecular complexity index is 828. The predicted octanol–water partition coefficient (Wildman–Crippen LogP) is 2.63. The monoisotopic (exact) mass is 336 g/mol. The first kappa shape index (κ1) is 16.9. The zero-order valence-electron chi connectivity index (χ0n) is 13.9. The molecular weight excluding hydrogens is 316 g/mol. The number of benzene rings is 2. The number of aliphatic hydroxyl groups is 1. The molecule has 25 heavy (non-hydrogen) atoms. The van der Waals surface area contributed by atoms with Gasteiger partial charge in [0.15, 0.2) is 5.82 Å². The van der Waals surface area contributed by atoms with Crippen molar-refractivity contribution in [3.8, 4) is 11.4 Å². The standard InChI is InChI=1S/C19H20N4O2/c1-13-21-18(23-22-13)15-7-9-16(10-8-15)19(25)20-12-11-17(24)14-5-3-2-4-6-14/h2-10,17,24H,11-12H2,1H3,(H,20,25)(H,21,22,23). The van der Waals surface area contributed by atoms with E-state index in [1.54, 1.807) is 12.1 Å². The van der Waals surface area contributed by atoms with Crippen LogP contribution in [0.15, 0.2) is 54.6 Å². The topological polar surface area (TPSA) is 90.9 Å². The fourth-order valence-corrected chi connectivity index (χ4v) is 2.51. The molecule has 0 fully saturated rings. The van der Waals surface area contributed by atoms with Gasteiger partial charge in [-0.15, -0.1) is 0 Å². The van der Waals surface area contributed by atoms with Crippen molar-refractivity contribution in [1.29, 1.82) is 0 Å². The van der Waals surface area contributed by atoms with Gasteiger partial charge in [-0.05, 0) is 31.0 Å². The molecule has 0 spiro atoms. The second-order valence-corrected chi connectivity index (χ2v) is 5.79. The zero-order chi connectivity index (χ0) is 17.6. The Morgan fingerprint density at radius 1 is 1.16 bits per heavy atom. The van der Waals surface area contributed by atoms with E-state index in [0.29, 0.717) is 24.4 Å². The molecule has 3 N–H and O–H groups in total. The van der Waals surface area contributed by atoms with Gasteiger partial charge in [0.1, 0.15) is 5.82 Å². The Labute approximate surface area is 145 Å². The number of aromatic amines is 1. The molecule has 0 radical (unpaired) electrons. The van der Waals surface area contributed by atoms with Crippen molar-refractivity contribution in [3.63, 3.8) is 0 Å². The SMILES string of the molecule is Cc1nc(-c2ccc(C(=O)NCCC(O)c3ccccc3)cc2)n[nH]1. The third kappa shape index (κ3) is 4.30. The molecule has 3 rings (SSSR count). The van der Waals surface area contributed by atoms with E-state index in [9.17, 15) is 9.90 Å². The van der Waals surface area contributed by atoms with Crippen LogP contribution in [0, 0.1) is 6.92 Å². The molecule has 6 nitrogen and oxygen atoms in total. The number of nitrogens with zero attached hydrogens (tertiary/aromatic N) is 2. The molecule has 0 aliphatic heterocycles. The van der Waals surface area contributed by atoms with E-state index >= 15 is 0 Å². The molecule has 1 atom stereocenters. The van der Waals surface area contributed by atoms with Crippen LogP contribution < -0.4 is 5.32 Å². The largest absolute Gasteiger partial charge is 0.388 e. The normalized spacial score (nSPS) is 11.9. The number of aromatic nitrogens is 3. The Balaban J connectivity index is 1.53. The third-order valence-electron chi connectivity index (χ3n) is 3.89. The predicted molar refractivity (Wildman–Crippen MR) is 94.9 cm³/mol. The maximum absolute atomic E-state index is 12.2. The van der Waals surface area contributed by atoms with Gasteiger partial charge in [0.2, 0.25) is 0 Å². The van der Waals surface area contributed by atoms with Gasteiger partial charge in [-0.3, -0.25) is 9.89 Å². The summed E-state index contributed by atoms with van der Waals surface area (Å²) < 4.78 is 0. The molecule has 0 saturated heterocycles. The molecule has 1 heterocycles. The molecular formula is C19H20N4O2. The number of H-pyrrole nitrogens is 1. The number of aliphatic hydroxyl groups excluding tert-OH is 1. The van der Waals surface area contributed by atoms with E-state index in [0.717, 1.165) is 17.0 Å². The lowest BCUT2D eigenvalue weighted by Crippen LogP contribution is -2.25. The molecule has 1 amide bonds. The minimum atomic E-state index is -0.585. The van der Waals surface area contributed by atoms with E-state index in [-0.39, 0.29) is 5.91 Å². The van der Waals surface area contributed by atoms with Crippen LogP contribution in [-0.2, 0) is 0 Å². The number of carbonyl (C=O) groups excluding carboxylic acids is 1. The van der Waals surface area contributed by atoms with Crippen molar-refractivity contribution in [2.24, 2.45) is 0 Å². The van der Waals surface area contributed by atoms with Gasteiger partial charge in [0.05, 0.1) is 6.10 Å². The van der Waals surface area contributed by atoms with Crippen LogP contribution >= 0.6 is 0 Å². The van der Waals surface area contributed by atoms with Crippen LogP contribution in [0.5, 0.6) is 0 Å². The number of nitrogens with one attached hydrogen (secondary N) is 2. The summed E-state index contributed by atoms with van der Waals surface area (Å²) in [5.41, 5.74) is 2.26. The lowest BCUT2D eigenvalue weighted by molar-refractivity contribution is 0.0942. The maximum atomic E-state index is 12.2. The molecule has 0 aliphatic rings. The Morgan fingerprint density at radius 3 is 2.52 bits per heavy atom. The molecule has 0 aliphatic carbocycles. The summed E-state index contributed by atoms with van der Waals surface area (Å²) >= 11 is 0. The molecule has 0 saturated carbocycles. The molecule has 1 aromatic heterocycles. The molecule has 0 bridgehead atoms. The molecule has 128 valence electrons. The van der Waals surface area contributed by atoms with Crippen LogP contribution in [-0.4, -0.2) is 32.7 Å². The fourth-order valence-electron chi connectivity index (χ4n) is 2.51. The number of aryl methyl sites for hydroxylation is 1. The summed E-state index contributed by atoms with van der Waals surface area (Å²) in [6.07, 6.45) is -0.123. The van der Waals surface area contributed by atoms with E-state index < -0.39 is 6.10 Å². The first-order chi connectivity index (χ1) is 12.1. The number of hydrogen-bond acceptors (Lipinski definition) is 4. The zero-order valence-corrected chi connectivity index (χ0v) is 13.9. The van der Waals surface area contributed by atoms with Crippen LogP contribution in [0.25, 0.3) is 11.4 Å². The van der Waals surface area contributed by atoms with Crippen LogP contribution in [0.4, 0.5) is 0 Å². The summed E-state index contributed by atoms with van der Waals surface area (Å²) in [6, 6.07) is 16.5. The Hall–Kier alpha value is -2.99. The van der Waals surface area contributed by atoms with Gasteiger partial charge in [-0.2, -0.15) is 5.10 Å². The molecule has 2 aromatic carbocycles. The summed E-state index contributed by atoms with van der Waals surface area (Å²) in [5, 5.41) is 19.8. The van der Waals surface area contributed by atoms with Crippen LogP contribution in [0.2, 0.25) is 0 Å². The van der Waals surface area contributed by atoms with E-state index in [2.05, 4.69) is 20.5 Å². The Kier molecular flexibility index (Phi) is 5.20. The second kappa shape index (κ2) is 7.72. The minimum absolute atomic E-state index is 0.169. The van der Waals surface area contributed by atoms with Crippen molar-refractivity contribution in [2.45, 2.75) is 19.4 Å². The van der Waals surface area contributed by atoms with E-state index in [1.807, 2.05) is 49.4 Å². The highest BCUT2D eigenvalue weighted by molar-refractivity contribution is 5.94. The van der Waals surface area contributed by atoms with Crippen molar-refractivity contribution in [1.82, 2.24) is 20.5 Å². The molecule has 3 aromatic rings. The lowest BCUT2D eigenvalue weighted by atomic mass is 10.1. The smallest absolute Gasteiger partial charge is 0.251 e. The van der Waals surface area contributed by atoms with Gasteiger partial charge in [0.25, 0.3) is 5.91 Å². The van der Waals surface area contributed by atoms with Crippen molar-refractivity contribution < 1.29 is 9.90 Å². The highest BCUT2D eigenvalue weighted by atomic mass is 16.3. The Morgan fingerprint density at radius 2 is 1.88 bits per heavy atom. The first-order valence-electron chi connectivity index (χ1n) is 8.14. The van der Waals surface area contributed by atoms with Crippen molar-refractivity contribution in [3.05, 3.63) is 71.5 Å². The highest BCUT2D eigenvalue weighted by Gasteiger charge is 2.10. The summed E-state index contributed by atoms with van der Waals surface area (Å²) in [6.45, 7) is 2.24. The summed E-state index contributed by atoms with van der Waals surface area (Å²) in [4.78, 5) is 16.4. The van der Waals surface area contributed by atoms with Crippen molar-refractivity contribution >= 4 is 5.91 Å². The number of rotatable bonds is 6. The molecule has 6 heteroatoms. The van der Waals surface area contributed by atoms with Crippen molar-refractivity contribution in [2.75, 3.05) is 6.54 Å². The van der Waals surface area contributed by atoms with Gasteiger partial charge in [-0.1, -0.05) is 42.5 Å². The summed E-state index contributed by atoms with van der Waals surface area (Å²) in [5.74, 6) is 1.18. The lowest BCUT2D eigenvalue weighted by Gasteiger charge is -2.11. The minimum Gasteiger partial charge on any atom is -0.388 e. The van der Waals surface area contributed by atoms with Gasteiger partial charge >= 0.3 is 0 Å². The summed E-state index contributed by atoms with van der Waals surface area (Å²) in [7, 11) is 0. The highest BCUT2D eigenvalue weighted by Crippen LogP contribution is 2.16. The molecule has 1 unspecified atom stereocenters. The fraction of sp³-hybridized carbons (Fsp3) is 0.211. The third-order valence-corrected chi connectivity index (χ3v) is 3.89. The number of carbonyl (C=O) groups is 1. The van der Waals surface area contributed by atoms with Gasteiger partial charge in [-0.25, -0.2) is 4.98 Å². The number of hydrogen-bond donors (Lipinski definition) is 3. The quantitative estimate of drug-likeness (QED) is 0.645. The van der Waals surface area contributed by atoms with Gasteiger partial charge < -0.3 is 10.4 Å². The first-order valence-corrected chi connectivity index (χ1v) is 8.14. The number of amides is 1. The van der Waals surface area contributed by atoms with Crippen LogP contribution in [0.3, 0.4) is 0 Å². The van der Waals surface area contributed by atoms with Gasteiger partial charge in [0, 0.05) is 17.7 Å². The van der Waals surface area contributed by atoms with E-state index in [1.165, 1.54) is 0 Å². The average Bonchev–Trinajstić information content (AvgIpc) is 3.09. The maximum Gasteiger partial charge on any atom is 0.251 e. The average molecular weight is 336 g/mol. The van der Waals surface area contributed by atoms with E-state index in [4.69, 9.17) is 0 Å².